The van der Waals surface area contributed by atoms with Crippen LogP contribution >= 0.6 is 0 Å². The maximum atomic E-state index is 10.9. The number of nitrogens with one attached hydrogen (secondary N) is 1. The SMILES string of the molecule is Cc1cn[nH]c1C1CCCN(Cc2ccc(C(=O)O)cc2)C1. The van der Waals surface area contributed by atoms with E-state index in [9.17, 15) is 4.79 Å². The highest BCUT2D eigenvalue weighted by atomic mass is 16.4. The molecule has 2 N–H and O–H groups in total. The molecule has 1 aliphatic heterocycles. The van der Waals surface area contributed by atoms with E-state index in [1.165, 1.54) is 24.1 Å². The molecule has 0 saturated carbocycles. The third-order valence-corrected chi connectivity index (χ3v) is 4.39. The summed E-state index contributed by atoms with van der Waals surface area (Å²) >= 11 is 0. The van der Waals surface area contributed by atoms with E-state index in [1.807, 2.05) is 18.3 Å². The van der Waals surface area contributed by atoms with Crippen LogP contribution in [-0.2, 0) is 6.54 Å². The Balaban J connectivity index is 1.65. The molecule has 1 aromatic carbocycles. The van der Waals surface area contributed by atoms with E-state index < -0.39 is 5.97 Å². The molecule has 22 heavy (non-hydrogen) atoms. The summed E-state index contributed by atoms with van der Waals surface area (Å²) in [6.07, 6.45) is 4.26. The molecule has 0 aliphatic carbocycles. The number of benzene rings is 1. The van der Waals surface area contributed by atoms with Crippen LogP contribution < -0.4 is 0 Å². The van der Waals surface area contributed by atoms with Gasteiger partial charge in [-0.05, 0) is 49.6 Å². The number of aromatic nitrogens is 2. The number of rotatable bonds is 4. The van der Waals surface area contributed by atoms with Crippen LogP contribution in [0, 0.1) is 6.92 Å². The summed E-state index contributed by atoms with van der Waals surface area (Å²) < 4.78 is 0. The number of likely N-dealkylation sites (tertiary alicyclic amines) is 1. The van der Waals surface area contributed by atoms with E-state index >= 15 is 0 Å². The number of piperidine rings is 1. The predicted molar refractivity (Wildman–Crippen MR) is 84.0 cm³/mol. The van der Waals surface area contributed by atoms with Crippen LogP contribution in [0.1, 0.15) is 45.9 Å². The Kier molecular flexibility index (Phi) is 4.24. The quantitative estimate of drug-likeness (QED) is 0.911. The first-order chi connectivity index (χ1) is 10.6. The molecule has 1 unspecified atom stereocenters. The van der Waals surface area contributed by atoms with Gasteiger partial charge in [-0.2, -0.15) is 5.10 Å². The normalized spacial score (nSPS) is 19.2. The van der Waals surface area contributed by atoms with Crippen LogP contribution in [0.25, 0.3) is 0 Å². The highest BCUT2D eigenvalue weighted by Gasteiger charge is 2.23. The molecule has 116 valence electrons. The van der Waals surface area contributed by atoms with Crippen molar-refractivity contribution in [1.29, 1.82) is 0 Å². The van der Waals surface area contributed by atoms with Crippen molar-refractivity contribution >= 4 is 5.97 Å². The number of hydrogen-bond donors (Lipinski definition) is 2. The van der Waals surface area contributed by atoms with Crippen LogP contribution in [-0.4, -0.2) is 39.3 Å². The average molecular weight is 299 g/mol. The number of carbonyl (C=O) groups is 1. The van der Waals surface area contributed by atoms with Crippen molar-refractivity contribution in [3.05, 3.63) is 52.8 Å². The zero-order valence-electron chi connectivity index (χ0n) is 12.7. The van der Waals surface area contributed by atoms with E-state index in [4.69, 9.17) is 5.11 Å². The Labute approximate surface area is 130 Å². The Morgan fingerprint density at radius 1 is 1.41 bits per heavy atom. The number of nitrogens with zero attached hydrogens (tertiary/aromatic N) is 2. The number of aromatic carboxylic acids is 1. The lowest BCUT2D eigenvalue weighted by molar-refractivity contribution is 0.0697. The van der Waals surface area contributed by atoms with Gasteiger partial charge in [-0.3, -0.25) is 10.00 Å². The summed E-state index contributed by atoms with van der Waals surface area (Å²) in [5.74, 6) is -0.367. The zero-order valence-corrected chi connectivity index (χ0v) is 12.7. The molecule has 2 heterocycles. The monoisotopic (exact) mass is 299 g/mol. The minimum Gasteiger partial charge on any atom is -0.478 e. The number of carboxylic acids is 1. The van der Waals surface area contributed by atoms with Crippen molar-refractivity contribution in [3.63, 3.8) is 0 Å². The van der Waals surface area contributed by atoms with Gasteiger partial charge in [0.15, 0.2) is 0 Å². The smallest absolute Gasteiger partial charge is 0.335 e. The molecular formula is C17H21N3O2. The highest BCUT2D eigenvalue weighted by molar-refractivity contribution is 5.87. The van der Waals surface area contributed by atoms with Gasteiger partial charge in [-0.25, -0.2) is 4.79 Å². The molecule has 5 heteroatoms. The lowest BCUT2D eigenvalue weighted by Crippen LogP contribution is -2.34. The lowest BCUT2D eigenvalue weighted by atomic mass is 9.92. The van der Waals surface area contributed by atoms with Gasteiger partial charge in [0.25, 0.3) is 0 Å². The third-order valence-electron chi connectivity index (χ3n) is 4.39. The Morgan fingerprint density at radius 3 is 2.82 bits per heavy atom. The van der Waals surface area contributed by atoms with E-state index in [0.717, 1.165) is 25.2 Å². The molecule has 1 fully saturated rings. The summed E-state index contributed by atoms with van der Waals surface area (Å²) in [4.78, 5) is 13.3. The number of aryl methyl sites for hydroxylation is 1. The van der Waals surface area contributed by atoms with Gasteiger partial charge in [0.1, 0.15) is 0 Å². The van der Waals surface area contributed by atoms with Crippen LogP contribution in [0.4, 0.5) is 0 Å². The van der Waals surface area contributed by atoms with Gasteiger partial charge in [-0.15, -0.1) is 0 Å². The van der Waals surface area contributed by atoms with Gasteiger partial charge < -0.3 is 5.11 Å². The fraction of sp³-hybridized carbons (Fsp3) is 0.412. The van der Waals surface area contributed by atoms with Gasteiger partial charge in [0.05, 0.1) is 11.8 Å². The summed E-state index contributed by atoms with van der Waals surface area (Å²) in [7, 11) is 0. The van der Waals surface area contributed by atoms with E-state index in [-0.39, 0.29) is 0 Å². The molecule has 0 bridgehead atoms. The molecule has 1 saturated heterocycles. The van der Waals surface area contributed by atoms with Crippen molar-refractivity contribution in [3.8, 4) is 0 Å². The van der Waals surface area contributed by atoms with E-state index in [2.05, 4.69) is 22.0 Å². The van der Waals surface area contributed by atoms with Crippen molar-refractivity contribution in [2.75, 3.05) is 13.1 Å². The maximum absolute atomic E-state index is 10.9. The number of hydrogen-bond acceptors (Lipinski definition) is 3. The standard InChI is InChI=1S/C17H21N3O2/c1-12-9-18-19-16(12)15-3-2-8-20(11-15)10-13-4-6-14(7-5-13)17(21)22/h4-7,9,15H,2-3,8,10-11H2,1H3,(H,18,19)(H,21,22). The molecule has 2 aromatic rings. The van der Waals surface area contributed by atoms with Gasteiger partial charge in [0.2, 0.25) is 0 Å². The molecule has 0 amide bonds. The molecule has 5 nitrogen and oxygen atoms in total. The first-order valence-electron chi connectivity index (χ1n) is 7.68. The van der Waals surface area contributed by atoms with Crippen molar-refractivity contribution in [1.82, 2.24) is 15.1 Å². The predicted octanol–water partition coefficient (Wildman–Crippen LogP) is 2.80. The van der Waals surface area contributed by atoms with E-state index in [0.29, 0.717) is 11.5 Å². The lowest BCUT2D eigenvalue weighted by Gasteiger charge is -2.32. The summed E-state index contributed by atoms with van der Waals surface area (Å²) in [5, 5.41) is 16.2. The van der Waals surface area contributed by atoms with Crippen LogP contribution in [0.2, 0.25) is 0 Å². The van der Waals surface area contributed by atoms with Crippen molar-refractivity contribution in [2.45, 2.75) is 32.2 Å². The second kappa shape index (κ2) is 6.32. The summed E-state index contributed by atoms with van der Waals surface area (Å²) in [6, 6.07) is 7.18. The molecule has 3 rings (SSSR count). The Bertz CT molecular complexity index is 648. The highest BCUT2D eigenvalue weighted by Crippen LogP contribution is 2.28. The second-order valence-electron chi connectivity index (χ2n) is 6.04. The van der Waals surface area contributed by atoms with E-state index in [1.54, 1.807) is 12.1 Å². The third kappa shape index (κ3) is 3.20. The van der Waals surface area contributed by atoms with Crippen molar-refractivity contribution in [2.24, 2.45) is 0 Å². The zero-order chi connectivity index (χ0) is 15.5. The maximum Gasteiger partial charge on any atom is 0.335 e. The number of aromatic amines is 1. The molecule has 1 aromatic heterocycles. The average Bonchev–Trinajstić information content (AvgIpc) is 2.94. The largest absolute Gasteiger partial charge is 0.478 e. The van der Waals surface area contributed by atoms with Crippen LogP contribution in [0.3, 0.4) is 0 Å². The second-order valence-corrected chi connectivity index (χ2v) is 6.04. The minimum absolute atomic E-state index is 0.341. The first kappa shape index (κ1) is 14.8. The fourth-order valence-corrected chi connectivity index (χ4v) is 3.22. The molecular weight excluding hydrogens is 278 g/mol. The molecule has 0 spiro atoms. The van der Waals surface area contributed by atoms with Gasteiger partial charge >= 0.3 is 5.97 Å². The molecule has 0 radical (unpaired) electrons. The summed E-state index contributed by atoms with van der Waals surface area (Å²) in [6.45, 7) is 5.07. The molecule has 1 aliphatic rings. The van der Waals surface area contributed by atoms with Gasteiger partial charge in [-0.1, -0.05) is 12.1 Å². The van der Waals surface area contributed by atoms with Gasteiger partial charge in [0, 0.05) is 24.7 Å². The topological polar surface area (TPSA) is 69.2 Å². The summed E-state index contributed by atoms with van der Waals surface area (Å²) in [5.41, 5.74) is 3.99. The van der Waals surface area contributed by atoms with Crippen LogP contribution in [0.5, 0.6) is 0 Å². The fourth-order valence-electron chi connectivity index (χ4n) is 3.22. The Morgan fingerprint density at radius 2 is 2.18 bits per heavy atom. The first-order valence-corrected chi connectivity index (χ1v) is 7.68. The Hall–Kier alpha value is -2.14. The number of H-pyrrole nitrogens is 1. The number of carboxylic acid groups (broad SMARTS) is 1. The molecule has 1 atom stereocenters. The minimum atomic E-state index is -0.876. The van der Waals surface area contributed by atoms with Crippen molar-refractivity contribution < 1.29 is 9.90 Å². The van der Waals surface area contributed by atoms with Crippen LogP contribution in [0.15, 0.2) is 30.5 Å².